The number of nitrogens with one attached hydrogen (secondary N) is 1. The maximum absolute atomic E-state index is 11.4. The number of β-amino-alcohol motifs (C(OH)–C–C–N with tert-alkyl or cyclic N) is 1. The van der Waals surface area contributed by atoms with E-state index in [4.69, 9.17) is 4.74 Å². The van der Waals surface area contributed by atoms with Crippen LogP contribution in [0.1, 0.15) is 12.8 Å². The monoisotopic (exact) mass is 293 g/mol. The zero-order valence-corrected chi connectivity index (χ0v) is 11.2. The van der Waals surface area contributed by atoms with E-state index in [9.17, 15) is 20.0 Å². The molecule has 0 aliphatic carbocycles. The van der Waals surface area contributed by atoms with Gasteiger partial charge in [0.2, 0.25) is 0 Å². The number of aliphatic hydroxyl groups is 1. The largest absolute Gasteiger partial charge is 0.481 e. The summed E-state index contributed by atoms with van der Waals surface area (Å²) in [5, 5.41) is 23.7. The molecule has 2 aliphatic heterocycles. The normalized spacial score (nSPS) is 21.3. The zero-order chi connectivity index (χ0) is 15.0. The standard InChI is InChI=1S/C13H15N3O5/c17-8-2-1-3-15(6-8)10-4-9-12(5-11(10)16(19)20)21-7-13(18)14-9/h4-5,8,17H,1-3,6-7H2,(H,14,18). The third kappa shape index (κ3) is 2.62. The van der Waals surface area contributed by atoms with Crippen molar-refractivity contribution in [2.24, 2.45) is 0 Å². The minimum absolute atomic E-state index is 0.0843. The van der Waals surface area contributed by atoms with Crippen LogP contribution in [-0.4, -0.2) is 41.7 Å². The molecule has 1 fully saturated rings. The molecule has 112 valence electrons. The van der Waals surface area contributed by atoms with Gasteiger partial charge >= 0.3 is 0 Å². The summed E-state index contributed by atoms with van der Waals surface area (Å²) < 4.78 is 5.21. The first-order chi connectivity index (χ1) is 10.0. The molecule has 8 nitrogen and oxygen atoms in total. The van der Waals surface area contributed by atoms with Crippen LogP contribution in [0.15, 0.2) is 12.1 Å². The van der Waals surface area contributed by atoms with E-state index in [1.54, 1.807) is 11.0 Å². The number of carbonyl (C=O) groups is 1. The highest BCUT2D eigenvalue weighted by atomic mass is 16.6. The van der Waals surface area contributed by atoms with Crippen LogP contribution in [0, 0.1) is 10.1 Å². The number of ether oxygens (including phenoxy) is 1. The van der Waals surface area contributed by atoms with Crippen LogP contribution in [0.5, 0.6) is 5.75 Å². The first kappa shape index (κ1) is 13.6. The van der Waals surface area contributed by atoms with Crippen molar-refractivity contribution in [3.8, 4) is 5.75 Å². The van der Waals surface area contributed by atoms with Crippen LogP contribution in [0.4, 0.5) is 17.1 Å². The van der Waals surface area contributed by atoms with Gasteiger partial charge < -0.3 is 20.1 Å². The summed E-state index contributed by atoms with van der Waals surface area (Å²) in [6, 6.07) is 2.87. The highest BCUT2D eigenvalue weighted by molar-refractivity contribution is 5.97. The minimum Gasteiger partial charge on any atom is -0.481 e. The Labute approximate surface area is 120 Å². The van der Waals surface area contributed by atoms with Crippen LogP contribution >= 0.6 is 0 Å². The van der Waals surface area contributed by atoms with Crippen molar-refractivity contribution >= 4 is 23.0 Å². The Hall–Kier alpha value is -2.35. The lowest BCUT2D eigenvalue weighted by Gasteiger charge is -2.32. The van der Waals surface area contributed by atoms with E-state index in [1.807, 2.05) is 0 Å². The van der Waals surface area contributed by atoms with Crippen LogP contribution in [0.25, 0.3) is 0 Å². The summed E-state index contributed by atoms with van der Waals surface area (Å²) in [5.74, 6) is 0.00332. The molecule has 8 heteroatoms. The number of hydrogen-bond donors (Lipinski definition) is 2. The molecular weight excluding hydrogens is 278 g/mol. The summed E-state index contributed by atoms with van der Waals surface area (Å²) in [7, 11) is 0. The van der Waals surface area contributed by atoms with Crippen molar-refractivity contribution in [1.29, 1.82) is 0 Å². The van der Waals surface area contributed by atoms with Gasteiger partial charge in [-0.1, -0.05) is 0 Å². The highest BCUT2D eigenvalue weighted by Crippen LogP contribution is 2.40. The average molecular weight is 293 g/mol. The molecule has 2 N–H and O–H groups in total. The molecule has 0 radical (unpaired) electrons. The number of anilines is 2. The number of nitro groups is 1. The van der Waals surface area contributed by atoms with Crippen LogP contribution < -0.4 is 15.0 Å². The molecule has 0 saturated carbocycles. The fourth-order valence-electron chi connectivity index (χ4n) is 2.68. The van der Waals surface area contributed by atoms with Gasteiger partial charge in [0.1, 0.15) is 5.69 Å². The second kappa shape index (κ2) is 5.21. The fraction of sp³-hybridized carbons (Fsp3) is 0.462. The highest BCUT2D eigenvalue weighted by Gasteiger charge is 2.28. The second-order valence-electron chi connectivity index (χ2n) is 5.17. The van der Waals surface area contributed by atoms with Gasteiger partial charge in [0.05, 0.1) is 22.8 Å². The summed E-state index contributed by atoms with van der Waals surface area (Å²) in [4.78, 5) is 23.9. The summed E-state index contributed by atoms with van der Waals surface area (Å²) in [5.41, 5.74) is 0.731. The van der Waals surface area contributed by atoms with E-state index in [0.29, 0.717) is 36.6 Å². The molecule has 1 aromatic carbocycles. The fourth-order valence-corrected chi connectivity index (χ4v) is 2.68. The van der Waals surface area contributed by atoms with Gasteiger partial charge in [-0.2, -0.15) is 0 Å². The summed E-state index contributed by atoms with van der Waals surface area (Å²) >= 11 is 0. The Morgan fingerprint density at radius 1 is 1.48 bits per heavy atom. The van der Waals surface area contributed by atoms with Crippen molar-refractivity contribution in [1.82, 2.24) is 0 Å². The molecule has 3 rings (SSSR count). The van der Waals surface area contributed by atoms with Gasteiger partial charge in [0.15, 0.2) is 12.4 Å². The molecule has 0 bridgehead atoms. The summed E-state index contributed by atoms with van der Waals surface area (Å²) in [6.45, 7) is 0.825. The van der Waals surface area contributed by atoms with Crippen molar-refractivity contribution in [3.63, 3.8) is 0 Å². The molecule has 0 spiro atoms. The Balaban J connectivity index is 2.02. The maximum Gasteiger partial charge on any atom is 0.296 e. The number of aliphatic hydroxyl groups excluding tert-OH is 1. The van der Waals surface area contributed by atoms with Gasteiger partial charge in [-0.25, -0.2) is 0 Å². The number of piperidine rings is 1. The number of hydrogen-bond acceptors (Lipinski definition) is 6. The smallest absolute Gasteiger partial charge is 0.296 e. The third-order valence-electron chi connectivity index (χ3n) is 3.64. The quantitative estimate of drug-likeness (QED) is 0.619. The lowest BCUT2D eigenvalue weighted by atomic mass is 10.1. The van der Waals surface area contributed by atoms with Crippen LogP contribution in [-0.2, 0) is 4.79 Å². The predicted octanol–water partition coefficient (Wildman–Crippen LogP) is 0.887. The van der Waals surface area contributed by atoms with Gasteiger partial charge in [-0.15, -0.1) is 0 Å². The minimum atomic E-state index is -0.500. The van der Waals surface area contributed by atoms with Crippen molar-refractivity contribution in [2.75, 3.05) is 29.9 Å². The molecule has 1 unspecified atom stereocenters. The van der Waals surface area contributed by atoms with Crippen molar-refractivity contribution in [2.45, 2.75) is 18.9 Å². The van der Waals surface area contributed by atoms with Crippen LogP contribution in [0.2, 0.25) is 0 Å². The number of amides is 1. The first-order valence-corrected chi connectivity index (χ1v) is 6.72. The number of benzene rings is 1. The summed E-state index contributed by atoms with van der Waals surface area (Å²) in [6.07, 6.45) is 0.952. The Kier molecular flexibility index (Phi) is 3.38. The Morgan fingerprint density at radius 2 is 2.29 bits per heavy atom. The molecule has 2 heterocycles. The molecule has 1 saturated heterocycles. The van der Waals surface area contributed by atoms with E-state index in [1.165, 1.54) is 6.07 Å². The van der Waals surface area contributed by atoms with E-state index < -0.39 is 11.0 Å². The molecule has 1 aromatic rings. The van der Waals surface area contributed by atoms with Crippen LogP contribution in [0.3, 0.4) is 0 Å². The van der Waals surface area contributed by atoms with E-state index in [2.05, 4.69) is 5.32 Å². The molecular formula is C13H15N3O5. The van der Waals surface area contributed by atoms with Gasteiger partial charge in [0.25, 0.3) is 11.6 Å². The Morgan fingerprint density at radius 3 is 3.00 bits per heavy atom. The van der Waals surface area contributed by atoms with Crippen molar-refractivity contribution in [3.05, 3.63) is 22.2 Å². The number of nitrogens with zero attached hydrogens (tertiary/aromatic N) is 2. The number of fused-ring (bicyclic) bond motifs is 1. The molecule has 1 atom stereocenters. The average Bonchev–Trinajstić information content (AvgIpc) is 2.45. The van der Waals surface area contributed by atoms with Crippen molar-refractivity contribution < 1.29 is 19.6 Å². The molecule has 1 amide bonds. The van der Waals surface area contributed by atoms with Gasteiger partial charge in [0, 0.05) is 13.1 Å². The SMILES string of the molecule is O=C1COc2cc([N+](=O)[O-])c(N3CCCC(O)C3)cc2N1. The topological polar surface area (TPSA) is 105 Å². The molecule has 0 aromatic heterocycles. The van der Waals surface area contributed by atoms with E-state index in [-0.39, 0.29) is 18.2 Å². The predicted molar refractivity (Wildman–Crippen MR) is 74.7 cm³/mol. The molecule has 2 aliphatic rings. The molecule has 21 heavy (non-hydrogen) atoms. The number of carbonyl (C=O) groups excluding carboxylic acids is 1. The maximum atomic E-state index is 11.4. The second-order valence-corrected chi connectivity index (χ2v) is 5.17. The lowest BCUT2D eigenvalue weighted by Crippen LogP contribution is -2.38. The number of rotatable bonds is 2. The first-order valence-electron chi connectivity index (χ1n) is 6.72. The third-order valence-corrected chi connectivity index (χ3v) is 3.64. The number of nitro benzene ring substituents is 1. The Bertz CT molecular complexity index is 604. The van der Waals surface area contributed by atoms with Gasteiger partial charge in [-0.3, -0.25) is 14.9 Å². The zero-order valence-electron chi connectivity index (χ0n) is 11.2. The van der Waals surface area contributed by atoms with E-state index >= 15 is 0 Å². The lowest BCUT2D eigenvalue weighted by molar-refractivity contribution is -0.384. The van der Waals surface area contributed by atoms with Gasteiger partial charge in [-0.05, 0) is 18.9 Å². The van der Waals surface area contributed by atoms with E-state index in [0.717, 1.165) is 6.42 Å².